The topological polar surface area (TPSA) is 58.4 Å². The van der Waals surface area contributed by atoms with Gasteiger partial charge in [0.15, 0.2) is 0 Å². The summed E-state index contributed by atoms with van der Waals surface area (Å²) in [5, 5.41) is 0. The Morgan fingerprint density at radius 1 is 1.24 bits per heavy atom. The molecular weight excluding hydrogens is 316 g/mol. The second-order valence-electron chi connectivity index (χ2n) is 6.48. The van der Waals surface area contributed by atoms with Crippen LogP contribution < -0.4 is 0 Å². The van der Waals surface area contributed by atoms with Gasteiger partial charge < -0.3 is 14.4 Å². The molecule has 2 aromatic rings. The maximum absolute atomic E-state index is 12.7. The second kappa shape index (κ2) is 7.25. The predicted octanol–water partition coefficient (Wildman–Crippen LogP) is 2.59. The van der Waals surface area contributed by atoms with E-state index >= 15 is 0 Å². The Hall–Kier alpha value is -2.37. The highest BCUT2D eigenvalue weighted by atomic mass is 16.2. The van der Waals surface area contributed by atoms with Crippen molar-refractivity contribution in [2.45, 2.75) is 46.2 Å². The zero-order chi connectivity index (χ0) is 18.0. The molecule has 0 N–H and O–H groups in total. The van der Waals surface area contributed by atoms with Gasteiger partial charge in [0.2, 0.25) is 11.8 Å². The number of likely N-dealkylation sites (tertiary alicyclic amines) is 1. The monoisotopic (exact) mass is 342 g/mol. The number of likely N-dealkylation sites (N-methyl/N-ethyl adjacent to an activating group) is 1. The van der Waals surface area contributed by atoms with Crippen LogP contribution >= 0.6 is 0 Å². The van der Waals surface area contributed by atoms with Gasteiger partial charge in [0.25, 0.3) is 0 Å². The van der Waals surface area contributed by atoms with Gasteiger partial charge in [-0.1, -0.05) is 12.1 Å². The molecule has 1 aromatic carbocycles. The summed E-state index contributed by atoms with van der Waals surface area (Å²) in [6.07, 6.45) is 1.86. The SMILES string of the molecule is CCN(CC)C(=O)Cn1c([C@@H]2CCCN2C(C)=O)nc2ccccc21. The van der Waals surface area contributed by atoms with Crippen LogP contribution in [0.1, 0.15) is 45.5 Å². The highest BCUT2D eigenvalue weighted by molar-refractivity contribution is 5.81. The van der Waals surface area contributed by atoms with Gasteiger partial charge >= 0.3 is 0 Å². The van der Waals surface area contributed by atoms with E-state index in [0.717, 1.165) is 36.2 Å². The van der Waals surface area contributed by atoms with Crippen LogP contribution in [0.2, 0.25) is 0 Å². The minimum absolute atomic E-state index is 0.0468. The van der Waals surface area contributed by atoms with Gasteiger partial charge in [-0.25, -0.2) is 4.98 Å². The predicted molar refractivity (Wildman–Crippen MR) is 97.0 cm³/mol. The molecule has 0 aliphatic carbocycles. The number of hydrogen-bond donors (Lipinski definition) is 0. The van der Waals surface area contributed by atoms with Crippen molar-refractivity contribution in [3.05, 3.63) is 30.1 Å². The molecule has 0 spiro atoms. The maximum atomic E-state index is 12.7. The van der Waals surface area contributed by atoms with Gasteiger partial charge in [0.1, 0.15) is 12.4 Å². The number of para-hydroxylation sites is 2. The van der Waals surface area contributed by atoms with Gasteiger partial charge in [0.05, 0.1) is 17.1 Å². The summed E-state index contributed by atoms with van der Waals surface area (Å²) in [6, 6.07) is 7.82. The van der Waals surface area contributed by atoms with Crippen LogP contribution in [-0.2, 0) is 16.1 Å². The first-order valence-corrected chi connectivity index (χ1v) is 9.07. The summed E-state index contributed by atoms with van der Waals surface area (Å²) < 4.78 is 2.00. The van der Waals surface area contributed by atoms with Crippen LogP contribution in [0.4, 0.5) is 0 Å². The molecule has 0 saturated carbocycles. The number of hydrogen-bond acceptors (Lipinski definition) is 3. The molecule has 1 fully saturated rings. The molecule has 0 unspecified atom stereocenters. The number of amides is 2. The second-order valence-corrected chi connectivity index (χ2v) is 6.48. The summed E-state index contributed by atoms with van der Waals surface area (Å²) in [5.41, 5.74) is 1.83. The Morgan fingerprint density at radius 2 is 1.96 bits per heavy atom. The third kappa shape index (κ3) is 3.25. The van der Waals surface area contributed by atoms with E-state index in [4.69, 9.17) is 4.98 Å². The fraction of sp³-hybridized carbons (Fsp3) is 0.526. The molecule has 1 saturated heterocycles. The van der Waals surface area contributed by atoms with E-state index in [1.807, 2.05) is 52.5 Å². The molecule has 6 nitrogen and oxygen atoms in total. The normalized spacial score (nSPS) is 17.2. The average molecular weight is 342 g/mol. The minimum atomic E-state index is -0.0468. The lowest BCUT2D eigenvalue weighted by molar-refractivity contribution is -0.131. The van der Waals surface area contributed by atoms with Gasteiger partial charge in [-0.3, -0.25) is 9.59 Å². The largest absolute Gasteiger partial charge is 0.342 e. The zero-order valence-electron chi connectivity index (χ0n) is 15.2. The van der Waals surface area contributed by atoms with Crippen LogP contribution in [0.15, 0.2) is 24.3 Å². The van der Waals surface area contributed by atoms with Crippen LogP contribution in [0.25, 0.3) is 11.0 Å². The standard InChI is InChI=1S/C19H26N4O2/c1-4-21(5-2)18(25)13-23-16-10-7-6-9-15(16)20-19(23)17-11-8-12-22(17)14(3)24/h6-7,9-10,17H,4-5,8,11-13H2,1-3H3/t17-/m0/s1. The minimum Gasteiger partial charge on any atom is -0.342 e. The van der Waals surface area contributed by atoms with Crippen LogP contribution in [0.3, 0.4) is 0 Å². The molecule has 3 rings (SSSR count). The van der Waals surface area contributed by atoms with Crippen LogP contribution in [0.5, 0.6) is 0 Å². The van der Waals surface area contributed by atoms with Crippen molar-refractivity contribution in [2.24, 2.45) is 0 Å². The third-order valence-corrected chi connectivity index (χ3v) is 5.05. The van der Waals surface area contributed by atoms with Gasteiger partial charge in [-0.15, -0.1) is 0 Å². The summed E-state index contributed by atoms with van der Waals surface area (Å²) in [4.78, 5) is 33.2. The van der Waals surface area contributed by atoms with Crippen molar-refractivity contribution < 1.29 is 9.59 Å². The fourth-order valence-electron chi connectivity index (χ4n) is 3.74. The highest BCUT2D eigenvalue weighted by Gasteiger charge is 2.32. The number of aromatic nitrogens is 2. The van der Waals surface area contributed by atoms with Crippen molar-refractivity contribution in [3.63, 3.8) is 0 Å². The van der Waals surface area contributed by atoms with Crippen molar-refractivity contribution in [1.29, 1.82) is 0 Å². The van der Waals surface area contributed by atoms with Gasteiger partial charge in [-0.2, -0.15) is 0 Å². The van der Waals surface area contributed by atoms with Gasteiger partial charge in [-0.05, 0) is 38.8 Å². The van der Waals surface area contributed by atoms with Crippen LogP contribution in [-0.4, -0.2) is 50.8 Å². The number of imidazole rings is 1. The lowest BCUT2D eigenvalue weighted by atomic mass is 10.2. The molecule has 0 bridgehead atoms. The summed E-state index contributed by atoms with van der Waals surface area (Å²) in [6.45, 7) is 7.99. The molecule has 2 amide bonds. The summed E-state index contributed by atoms with van der Waals surface area (Å²) in [5.74, 6) is 0.979. The summed E-state index contributed by atoms with van der Waals surface area (Å²) in [7, 11) is 0. The van der Waals surface area contributed by atoms with E-state index in [9.17, 15) is 9.59 Å². The molecular formula is C19H26N4O2. The van der Waals surface area contributed by atoms with E-state index in [-0.39, 0.29) is 24.4 Å². The van der Waals surface area contributed by atoms with Crippen LogP contribution in [0, 0.1) is 0 Å². The maximum Gasteiger partial charge on any atom is 0.242 e. The van der Waals surface area contributed by atoms with Crippen molar-refractivity contribution >= 4 is 22.8 Å². The Kier molecular flexibility index (Phi) is 5.06. The number of carbonyl (C=O) groups excluding carboxylic acids is 2. The van der Waals surface area contributed by atoms with E-state index in [0.29, 0.717) is 13.1 Å². The molecule has 1 aliphatic heterocycles. The van der Waals surface area contributed by atoms with Crippen molar-refractivity contribution in [2.75, 3.05) is 19.6 Å². The number of nitrogens with zero attached hydrogens (tertiary/aromatic N) is 4. The van der Waals surface area contributed by atoms with Crippen molar-refractivity contribution in [1.82, 2.24) is 19.4 Å². The smallest absolute Gasteiger partial charge is 0.242 e. The molecule has 6 heteroatoms. The fourth-order valence-corrected chi connectivity index (χ4v) is 3.74. The van der Waals surface area contributed by atoms with Gasteiger partial charge in [0, 0.05) is 26.6 Å². The first-order chi connectivity index (χ1) is 12.1. The highest BCUT2D eigenvalue weighted by Crippen LogP contribution is 2.33. The number of fused-ring (bicyclic) bond motifs is 1. The summed E-state index contributed by atoms with van der Waals surface area (Å²) >= 11 is 0. The molecule has 1 atom stereocenters. The van der Waals surface area contributed by atoms with Crippen molar-refractivity contribution in [3.8, 4) is 0 Å². The molecule has 2 heterocycles. The zero-order valence-corrected chi connectivity index (χ0v) is 15.2. The van der Waals surface area contributed by atoms with E-state index in [1.165, 1.54) is 0 Å². The molecule has 0 radical (unpaired) electrons. The average Bonchev–Trinajstić information content (AvgIpc) is 3.21. The van der Waals surface area contributed by atoms with E-state index in [2.05, 4.69) is 0 Å². The Labute approximate surface area is 148 Å². The number of carbonyl (C=O) groups is 2. The van der Waals surface area contributed by atoms with E-state index < -0.39 is 0 Å². The lowest BCUT2D eigenvalue weighted by Gasteiger charge is -2.25. The Balaban J connectivity index is 2.03. The first-order valence-electron chi connectivity index (χ1n) is 9.07. The number of benzene rings is 1. The first kappa shape index (κ1) is 17.5. The Morgan fingerprint density at radius 3 is 2.64 bits per heavy atom. The third-order valence-electron chi connectivity index (χ3n) is 5.05. The lowest BCUT2D eigenvalue weighted by Crippen LogP contribution is -2.35. The van der Waals surface area contributed by atoms with E-state index in [1.54, 1.807) is 6.92 Å². The molecule has 25 heavy (non-hydrogen) atoms. The number of rotatable bonds is 5. The Bertz CT molecular complexity index is 779. The quantitative estimate of drug-likeness (QED) is 0.839. The molecule has 1 aromatic heterocycles. The molecule has 1 aliphatic rings. The molecule has 134 valence electrons.